The van der Waals surface area contributed by atoms with Crippen LogP contribution < -0.4 is 0 Å². The van der Waals surface area contributed by atoms with Crippen LogP contribution >= 0.6 is 0 Å². The fourth-order valence-corrected chi connectivity index (χ4v) is 4.32. The van der Waals surface area contributed by atoms with E-state index in [1.165, 1.54) is 42.9 Å². The summed E-state index contributed by atoms with van der Waals surface area (Å²) < 4.78 is 11.8. The number of hydrogen-bond donors (Lipinski definition) is 0. The van der Waals surface area contributed by atoms with Crippen molar-refractivity contribution in [2.24, 2.45) is 11.8 Å². The lowest BCUT2D eigenvalue weighted by atomic mass is 9.83. The van der Waals surface area contributed by atoms with Gasteiger partial charge >= 0.3 is 0 Å². The van der Waals surface area contributed by atoms with Gasteiger partial charge in [0.1, 0.15) is 6.29 Å². The minimum Gasteiger partial charge on any atom is -0.380 e. The number of rotatable bonds is 14. The average molecular weight is 436 g/mol. The van der Waals surface area contributed by atoms with E-state index in [0.717, 1.165) is 45.7 Å². The van der Waals surface area contributed by atoms with Crippen molar-refractivity contribution in [3.63, 3.8) is 0 Å². The standard InChI is InChI=1S/C28H37NO3/c30-18-7-8-19-31-23-27-13-15-28(16-14-27)24-32-20-17-29(21-25-9-3-1-4-10-25)22-26-11-5-2-6-12-26/h1-12,18,27-28H,13-17,19-24H2/b8-7+. The molecule has 0 radical (unpaired) electrons. The molecular formula is C28H37NO3. The minimum absolute atomic E-state index is 0.532. The van der Waals surface area contributed by atoms with Gasteiger partial charge in [-0.05, 0) is 54.7 Å². The molecule has 1 fully saturated rings. The Morgan fingerprint density at radius 2 is 1.31 bits per heavy atom. The van der Waals surface area contributed by atoms with Crippen molar-refractivity contribution in [3.8, 4) is 0 Å². The molecule has 2 aromatic rings. The molecule has 1 aliphatic carbocycles. The van der Waals surface area contributed by atoms with E-state index in [4.69, 9.17) is 9.47 Å². The maximum atomic E-state index is 10.3. The Hall–Kier alpha value is -2.27. The van der Waals surface area contributed by atoms with Crippen molar-refractivity contribution in [2.45, 2.75) is 38.8 Å². The molecule has 0 heterocycles. The predicted octanol–water partition coefficient (Wildman–Crippen LogP) is 5.28. The largest absolute Gasteiger partial charge is 0.380 e. The smallest absolute Gasteiger partial charge is 0.142 e. The number of hydrogen-bond acceptors (Lipinski definition) is 4. The van der Waals surface area contributed by atoms with Gasteiger partial charge in [-0.15, -0.1) is 0 Å². The first-order valence-corrected chi connectivity index (χ1v) is 11.9. The maximum absolute atomic E-state index is 10.3. The van der Waals surface area contributed by atoms with Crippen molar-refractivity contribution in [2.75, 3.05) is 33.0 Å². The van der Waals surface area contributed by atoms with E-state index < -0.39 is 0 Å². The Kier molecular flexibility index (Phi) is 11.2. The Balaban J connectivity index is 1.34. The molecule has 4 heteroatoms. The molecule has 0 saturated heterocycles. The summed E-state index contributed by atoms with van der Waals surface area (Å²) in [6, 6.07) is 21.3. The second kappa shape index (κ2) is 14.7. The van der Waals surface area contributed by atoms with Crippen molar-refractivity contribution >= 4 is 6.29 Å². The third-order valence-electron chi connectivity index (χ3n) is 6.15. The van der Waals surface area contributed by atoms with Crippen LogP contribution in [0.3, 0.4) is 0 Å². The SMILES string of the molecule is O=C/C=C/COCC1CCC(COCCN(Cc2ccccc2)Cc2ccccc2)CC1. The van der Waals surface area contributed by atoms with Gasteiger partial charge in [0.25, 0.3) is 0 Å². The van der Waals surface area contributed by atoms with Crippen LogP contribution in [0.5, 0.6) is 0 Å². The fraction of sp³-hybridized carbons (Fsp3) is 0.464. The molecule has 32 heavy (non-hydrogen) atoms. The maximum Gasteiger partial charge on any atom is 0.142 e. The zero-order valence-electron chi connectivity index (χ0n) is 19.1. The van der Waals surface area contributed by atoms with E-state index in [1.807, 2.05) is 0 Å². The molecule has 2 aromatic carbocycles. The second-order valence-electron chi connectivity index (χ2n) is 8.75. The van der Waals surface area contributed by atoms with E-state index in [-0.39, 0.29) is 0 Å². The van der Waals surface area contributed by atoms with Gasteiger partial charge < -0.3 is 9.47 Å². The molecule has 0 amide bonds. The van der Waals surface area contributed by atoms with Gasteiger partial charge in [-0.25, -0.2) is 0 Å². The first kappa shape index (κ1) is 24.4. The van der Waals surface area contributed by atoms with Crippen LogP contribution in [-0.2, 0) is 27.4 Å². The Bertz CT molecular complexity index is 728. The number of ether oxygens (including phenoxy) is 2. The first-order valence-electron chi connectivity index (χ1n) is 11.9. The van der Waals surface area contributed by atoms with E-state index in [2.05, 4.69) is 65.6 Å². The minimum atomic E-state index is 0.532. The molecule has 0 bridgehead atoms. The molecule has 4 nitrogen and oxygen atoms in total. The Labute approximate surface area is 193 Å². The molecule has 172 valence electrons. The van der Waals surface area contributed by atoms with Gasteiger partial charge in [-0.3, -0.25) is 9.69 Å². The summed E-state index contributed by atoms with van der Waals surface area (Å²) in [5.74, 6) is 1.31. The number of carbonyl (C=O) groups is 1. The van der Waals surface area contributed by atoms with Gasteiger partial charge in [0, 0.05) is 32.8 Å². The number of benzene rings is 2. The van der Waals surface area contributed by atoms with E-state index in [1.54, 1.807) is 6.08 Å². The average Bonchev–Trinajstić information content (AvgIpc) is 2.84. The lowest BCUT2D eigenvalue weighted by molar-refractivity contribution is -0.104. The molecule has 0 unspecified atom stereocenters. The number of nitrogens with zero attached hydrogens (tertiary/aromatic N) is 1. The van der Waals surface area contributed by atoms with Crippen molar-refractivity contribution < 1.29 is 14.3 Å². The normalized spacial score (nSPS) is 18.9. The third kappa shape index (κ3) is 9.47. The van der Waals surface area contributed by atoms with Gasteiger partial charge in [-0.1, -0.05) is 66.7 Å². The van der Waals surface area contributed by atoms with Gasteiger partial charge in [-0.2, -0.15) is 0 Å². The molecule has 0 N–H and O–H groups in total. The van der Waals surface area contributed by atoms with Crippen LogP contribution in [0, 0.1) is 11.8 Å². The highest BCUT2D eigenvalue weighted by atomic mass is 16.5. The summed E-state index contributed by atoms with van der Waals surface area (Å²) in [7, 11) is 0. The van der Waals surface area contributed by atoms with Gasteiger partial charge in [0.15, 0.2) is 0 Å². The monoisotopic (exact) mass is 435 g/mol. The molecule has 3 rings (SSSR count). The summed E-state index contributed by atoms with van der Waals surface area (Å²) in [5, 5.41) is 0. The van der Waals surface area contributed by atoms with Crippen LogP contribution in [0.25, 0.3) is 0 Å². The van der Waals surface area contributed by atoms with E-state index in [0.29, 0.717) is 18.4 Å². The first-order chi connectivity index (χ1) is 15.8. The van der Waals surface area contributed by atoms with Gasteiger partial charge in [0.05, 0.1) is 13.2 Å². The zero-order chi connectivity index (χ0) is 22.3. The van der Waals surface area contributed by atoms with Crippen LogP contribution in [0.2, 0.25) is 0 Å². The Morgan fingerprint density at radius 1 is 0.781 bits per heavy atom. The predicted molar refractivity (Wildman–Crippen MR) is 129 cm³/mol. The summed E-state index contributed by atoms with van der Waals surface area (Å²) in [6.07, 6.45) is 8.91. The number of allylic oxidation sites excluding steroid dienone is 1. The molecule has 0 atom stereocenters. The van der Waals surface area contributed by atoms with Crippen LogP contribution in [0.1, 0.15) is 36.8 Å². The van der Waals surface area contributed by atoms with Crippen LogP contribution in [0.15, 0.2) is 72.8 Å². The molecule has 0 aromatic heterocycles. The quantitative estimate of drug-likeness (QED) is 0.230. The molecule has 0 aliphatic heterocycles. The summed E-state index contributed by atoms with van der Waals surface area (Å²) >= 11 is 0. The number of carbonyl (C=O) groups excluding carboxylic acids is 1. The Morgan fingerprint density at radius 3 is 1.84 bits per heavy atom. The third-order valence-corrected chi connectivity index (χ3v) is 6.15. The van der Waals surface area contributed by atoms with Crippen LogP contribution in [-0.4, -0.2) is 44.2 Å². The molecular weight excluding hydrogens is 398 g/mol. The zero-order valence-corrected chi connectivity index (χ0v) is 19.1. The summed E-state index contributed by atoms with van der Waals surface area (Å²) in [6.45, 7) is 5.76. The van der Waals surface area contributed by atoms with Crippen molar-refractivity contribution in [1.29, 1.82) is 0 Å². The van der Waals surface area contributed by atoms with Crippen LogP contribution in [0.4, 0.5) is 0 Å². The number of aldehydes is 1. The highest BCUT2D eigenvalue weighted by Crippen LogP contribution is 2.29. The topological polar surface area (TPSA) is 38.8 Å². The summed E-state index contributed by atoms with van der Waals surface area (Å²) in [4.78, 5) is 12.7. The molecule has 1 saturated carbocycles. The van der Waals surface area contributed by atoms with Gasteiger partial charge in [0.2, 0.25) is 0 Å². The fourth-order valence-electron chi connectivity index (χ4n) is 4.32. The second-order valence-corrected chi connectivity index (χ2v) is 8.75. The van der Waals surface area contributed by atoms with E-state index >= 15 is 0 Å². The lowest BCUT2D eigenvalue weighted by Crippen LogP contribution is -2.28. The molecule has 0 spiro atoms. The highest BCUT2D eigenvalue weighted by Gasteiger charge is 2.21. The highest BCUT2D eigenvalue weighted by molar-refractivity contribution is 5.64. The molecule has 1 aliphatic rings. The van der Waals surface area contributed by atoms with Crippen molar-refractivity contribution in [3.05, 3.63) is 83.9 Å². The van der Waals surface area contributed by atoms with Crippen molar-refractivity contribution in [1.82, 2.24) is 4.90 Å². The lowest BCUT2D eigenvalue weighted by Gasteiger charge is -2.28. The van der Waals surface area contributed by atoms with E-state index in [9.17, 15) is 4.79 Å². The summed E-state index contributed by atoms with van der Waals surface area (Å²) in [5.41, 5.74) is 2.68.